The first-order chi connectivity index (χ1) is 9.66. The lowest BCUT2D eigenvalue weighted by molar-refractivity contribution is 0.204. The van der Waals surface area contributed by atoms with Gasteiger partial charge < -0.3 is 15.4 Å². The third kappa shape index (κ3) is 4.87. The zero-order chi connectivity index (χ0) is 16.2. The first-order valence-corrected chi connectivity index (χ1v) is 8.38. The van der Waals surface area contributed by atoms with Crippen LogP contribution >= 0.6 is 0 Å². The maximum atomic E-state index is 11.7. The monoisotopic (exact) mass is 315 g/mol. The summed E-state index contributed by atoms with van der Waals surface area (Å²) in [5.74, 6) is 0.417. The van der Waals surface area contributed by atoms with Crippen LogP contribution in [0.15, 0.2) is 17.0 Å². The van der Waals surface area contributed by atoms with E-state index in [9.17, 15) is 8.42 Å². The first kappa shape index (κ1) is 17.7. The smallest absolute Gasteiger partial charge is 0.238 e. The number of hydrogen-bond acceptors (Lipinski definition) is 5. The highest BCUT2D eigenvalue weighted by Gasteiger charge is 2.19. The van der Waals surface area contributed by atoms with Gasteiger partial charge in [-0.05, 0) is 30.5 Å². The maximum Gasteiger partial charge on any atom is 0.238 e. The van der Waals surface area contributed by atoms with Gasteiger partial charge in [-0.3, -0.25) is 0 Å². The minimum atomic E-state index is -3.80. The van der Waals surface area contributed by atoms with E-state index in [0.717, 1.165) is 12.2 Å². The Morgan fingerprint density at radius 2 is 1.95 bits per heavy atom. The number of sulfonamides is 1. The van der Waals surface area contributed by atoms with E-state index in [1.54, 1.807) is 20.1 Å². The minimum absolute atomic E-state index is 0.0728. The predicted octanol–water partition coefficient (Wildman–Crippen LogP) is 1.33. The molecule has 6 nitrogen and oxygen atoms in total. The summed E-state index contributed by atoms with van der Waals surface area (Å²) in [7, 11) is -2.16. The van der Waals surface area contributed by atoms with Gasteiger partial charge in [-0.25, -0.2) is 13.6 Å². The molecule has 0 spiro atoms. The number of nitrogens with zero attached hydrogens (tertiary/aromatic N) is 1. The standard InChI is InChI=1S/C14H25N3O3S/c1-10(2)9-17(5-6-20-4)13-7-12(15)8-14(11(13)3)21(16,18)19/h7-8,10H,5-6,9,15H2,1-4H3,(H2,16,18,19). The van der Waals surface area contributed by atoms with E-state index in [1.165, 1.54) is 6.07 Å². The highest BCUT2D eigenvalue weighted by Crippen LogP contribution is 2.29. The van der Waals surface area contributed by atoms with E-state index in [0.29, 0.717) is 30.3 Å². The topological polar surface area (TPSA) is 98.7 Å². The number of anilines is 2. The van der Waals surface area contributed by atoms with Gasteiger partial charge in [0.25, 0.3) is 0 Å². The number of hydrogen-bond donors (Lipinski definition) is 2. The van der Waals surface area contributed by atoms with Crippen LogP contribution in [0.3, 0.4) is 0 Å². The van der Waals surface area contributed by atoms with Crippen molar-refractivity contribution in [2.75, 3.05) is 37.4 Å². The Morgan fingerprint density at radius 1 is 1.33 bits per heavy atom. The molecule has 0 saturated carbocycles. The second-order valence-corrected chi connectivity index (χ2v) is 7.07. The third-order valence-electron chi connectivity index (χ3n) is 3.15. The van der Waals surface area contributed by atoms with E-state index >= 15 is 0 Å². The lowest BCUT2D eigenvalue weighted by atomic mass is 10.1. The van der Waals surface area contributed by atoms with Crippen LogP contribution in [0.5, 0.6) is 0 Å². The van der Waals surface area contributed by atoms with Crippen molar-refractivity contribution >= 4 is 21.4 Å². The molecule has 0 heterocycles. The summed E-state index contributed by atoms with van der Waals surface area (Å²) in [6.07, 6.45) is 0. The van der Waals surface area contributed by atoms with Gasteiger partial charge in [0.2, 0.25) is 10.0 Å². The normalized spacial score (nSPS) is 11.9. The van der Waals surface area contributed by atoms with Crippen LogP contribution < -0.4 is 15.8 Å². The summed E-state index contributed by atoms with van der Waals surface area (Å²) in [5, 5.41) is 5.27. The molecule has 0 aliphatic heterocycles. The van der Waals surface area contributed by atoms with Gasteiger partial charge in [0.15, 0.2) is 0 Å². The van der Waals surface area contributed by atoms with Crippen LogP contribution in [0.4, 0.5) is 11.4 Å². The molecule has 1 aromatic rings. The second kappa shape index (κ2) is 7.11. The van der Waals surface area contributed by atoms with E-state index in [-0.39, 0.29) is 4.90 Å². The van der Waals surface area contributed by atoms with Gasteiger partial charge in [-0.15, -0.1) is 0 Å². The fraction of sp³-hybridized carbons (Fsp3) is 0.571. The Balaban J connectivity index is 3.33. The summed E-state index contributed by atoms with van der Waals surface area (Å²) in [6.45, 7) is 7.92. The second-order valence-electron chi connectivity index (χ2n) is 5.54. The SMILES string of the molecule is COCCN(CC(C)C)c1cc(N)cc(S(N)(=O)=O)c1C. The van der Waals surface area contributed by atoms with E-state index in [4.69, 9.17) is 15.6 Å². The van der Waals surface area contributed by atoms with Gasteiger partial charge in [-0.1, -0.05) is 13.8 Å². The zero-order valence-corrected chi connectivity index (χ0v) is 13.9. The van der Waals surface area contributed by atoms with Crippen molar-refractivity contribution in [2.24, 2.45) is 11.1 Å². The number of ether oxygens (including phenoxy) is 1. The fourth-order valence-electron chi connectivity index (χ4n) is 2.27. The summed E-state index contributed by atoms with van der Waals surface area (Å²) >= 11 is 0. The number of nitrogens with two attached hydrogens (primary N) is 2. The summed E-state index contributed by atoms with van der Waals surface area (Å²) in [5.41, 5.74) is 7.62. The van der Waals surface area contributed by atoms with Crippen LogP contribution in [-0.4, -0.2) is 35.2 Å². The molecule has 7 heteroatoms. The lowest BCUT2D eigenvalue weighted by Gasteiger charge is -2.29. The van der Waals surface area contributed by atoms with Crippen molar-refractivity contribution in [3.63, 3.8) is 0 Å². The van der Waals surface area contributed by atoms with Gasteiger partial charge >= 0.3 is 0 Å². The summed E-state index contributed by atoms with van der Waals surface area (Å²) in [4.78, 5) is 2.15. The number of methoxy groups -OCH3 is 1. The number of nitrogen functional groups attached to an aromatic ring is 1. The van der Waals surface area contributed by atoms with Crippen LogP contribution in [0.2, 0.25) is 0 Å². The lowest BCUT2D eigenvalue weighted by Crippen LogP contribution is -2.32. The quantitative estimate of drug-likeness (QED) is 0.740. The molecule has 0 amide bonds. The molecule has 1 rings (SSSR count). The Bertz CT molecular complexity index is 585. The first-order valence-electron chi connectivity index (χ1n) is 6.83. The van der Waals surface area contributed by atoms with Crippen LogP contribution in [0.1, 0.15) is 19.4 Å². The highest BCUT2D eigenvalue weighted by atomic mass is 32.2. The van der Waals surface area contributed by atoms with Crippen molar-refractivity contribution in [3.8, 4) is 0 Å². The molecule has 0 radical (unpaired) electrons. The van der Waals surface area contributed by atoms with Gasteiger partial charge in [0.1, 0.15) is 0 Å². The molecule has 0 saturated heterocycles. The molecule has 0 fully saturated rings. The Labute approximate surface area is 127 Å². The molecule has 0 unspecified atom stereocenters. The third-order valence-corrected chi connectivity index (χ3v) is 4.19. The van der Waals surface area contributed by atoms with Crippen molar-refractivity contribution < 1.29 is 13.2 Å². The minimum Gasteiger partial charge on any atom is -0.399 e. The Hall–Kier alpha value is -1.31. The molecule has 4 N–H and O–H groups in total. The molecule has 0 aromatic heterocycles. The average Bonchev–Trinajstić information content (AvgIpc) is 2.35. The van der Waals surface area contributed by atoms with Gasteiger partial charge in [0.05, 0.1) is 11.5 Å². The van der Waals surface area contributed by atoms with E-state index < -0.39 is 10.0 Å². The van der Waals surface area contributed by atoms with Crippen molar-refractivity contribution in [2.45, 2.75) is 25.7 Å². The average molecular weight is 315 g/mol. The van der Waals surface area contributed by atoms with Gasteiger partial charge in [-0.2, -0.15) is 0 Å². The highest BCUT2D eigenvalue weighted by molar-refractivity contribution is 7.89. The van der Waals surface area contributed by atoms with Crippen LogP contribution in [0.25, 0.3) is 0 Å². The fourth-order valence-corrected chi connectivity index (χ4v) is 3.10. The predicted molar refractivity (Wildman–Crippen MR) is 85.9 cm³/mol. The Morgan fingerprint density at radius 3 is 2.43 bits per heavy atom. The molecule has 0 atom stereocenters. The van der Waals surface area contributed by atoms with Crippen molar-refractivity contribution in [1.29, 1.82) is 0 Å². The summed E-state index contributed by atoms with van der Waals surface area (Å²) in [6, 6.07) is 3.18. The van der Waals surface area contributed by atoms with Crippen LogP contribution in [-0.2, 0) is 14.8 Å². The van der Waals surface area contributed by atoms with Crippen molar-refractivity contribution in [3.05, 3.63) is 17.7 Å². The van der Waals surface area contributed by atoms with E-state index in [2.05, 4.69) is 18.7 Å². The molecule has 0 aliphatic carbocycles. The number of primary sulfonamides is 1. The number of benzene rings is 1. The largest absolute Gasteiger partial charge is 0.399 e. The molecular formula is C14H25N3O3S. The summed E-state index contributed by atoms with van der Waals surface area (Å²) < 4.78 is 28.5. The van der Waals surface area contributed by atoms with Crippen molar-refractivity contribution in [1.82, 2.24) is 0 Å². The maximum absolute atomic E-state index is 11.7. The Kier molecular flexibility index (Phi) is 6.00. The van der Waals surface area contributed by atoms with E-state index in [1.807, 2.05) is 0 Å². The zero-order valence-electron chi connectivity index (χ0n) is 13.1. The molecular weight excluding hydrogens is 290 g/mol. The molecule has 0 bridgehead atoms. The molecule has 1 aromatic carbocycles. The number of rotatable bonds is 7. The van der Waals surface area contributed by atoms with Gasteiger partial charge in [0, 0.05) is 31.6 Å². The molecule has 0 aliphatic rings. The molecule has 21 heavy (non-hydrogen) atoms. The molecule has 120 valence electrons. The van der Waals surface area contributed by atoms with Crippen LogP contribution in [0, 0.1) is 12.8 Å².